The van der Waals surface area contributed by atoms with Gasteiger partial charge in [-0.2, -0.15) is 0 Å². The second kappa shape index (κ2) is 9.73. The topological polar surface area (TPSA) is 93.7 Å². The third-order valence-electron chi connectivity index (χ3n) is 4.83. The van der Waals surface area contributed by atoms with Crippen LogP contribution in [-0.2, 0) is 4.74 Å². The van der Waals surface area contributed by atoms with Crippen molar-refractivity contribution in [2.75, 3.05) is 7.11 Å². The van der Waals surface area contributed by atoms with Crippen molar-refractivity contribution in [2.24, 2.45) is 0 Å². The number of nitrogens with one attached hydrogen (secondary N) is 2. The van der Waals surface area contributed by atoms with Crippen molar-refractivity contribution in [3.63, 3.8) is 0 Å². The molecule has 0 aliphatic heterocycles. The van der Waals surface area contributed by atoms with Crippen molar-refractivity contribution in [1.82, 2.24) is 10.9 Å². The summed E-state index contributed by atoms with van der Waals surface area (Å²) in [5.41, 5.74) is 5.77. The van der Waals surface area contributed by atoms with Crippen LogP contribution in [0.25, 0.3) is 0 Å². The Balaban J connectivity index is 1.50. The third kappa shape index (κ3) is 5.57. The number of hydrogen-bond donors (Lipinski definition) is 2. The number of hydrazine groups is 1. The van der Waals surface area contributed by atoms with E-state index in [2.05, 4.69) is 15.6 Å². The lowest BCUT2D eigenvalue weighted by molar-refractivity contribution is 0.0600. The summed E-state index contributed by atoms with van der Waals surface area (Å²) in [6.45, 7) is 0. The second-order valence-electron chi connectivity index (χ2n) is 6.88. The van der Waals surface area contributed by atoms with Crippen molar-refractivity contribution in [2.45, 2.75) is 38.2 Å². The molecule has 2 aromatic rings. The number of carbonyl (C=O) groups excluding carboxylic acids is 3. The summed E-state index contributed by atoms with van der Waals surface area (Å²) >= 11 is 0. The van der Waals surface area contributed by atoms with E-state index in [1.807, 2.05) is 0 Å². The first-order valence-electron chi connectivity index (χ1n) is 9.62. The van der Waals surface area contributed by atoms with E-state index in [1.54, 1.807) is 24.3 Å². The van der Waals surface area contributed by atoms with Gasteiger partial charge in [0.2, 0.25) is 0 Å². The molecule has 1 saturated carbocycles. The predicted molar refractivity (Wildman–Crippen MR) is 107 cm³/mol. The van der Waals surface area contributed by atoms with Gasteiger partial charge in [0.15, 0.2) is 0 Å². The van der Waals surface area contributed by atoms with Crippen LogP contribution in [-0.4, -0.2) is 31.0 Å². The second-order valence-corrected chi connectivity index (χ2v) is 6.88. The van der Waals surface area contributed by atoms with E-state index in [0.29, 0.717) is 16.7 Å². The van der Waals surface area contributed by atoms with Gasteiger partial charge in [-0.05, 0) is 74.2 Å². The molecule has 0 radical (unpaired) electrons. The molecule has 1 aliphatic carbocycles. The molecule has 3 rings (SSSR count). The minimum Gasteiger partial charge on any atom is -0.490 e. The number of methoxy groups -OCH3 is 1. The van der Waals surface area contributed by atoms with Crippen LogP contribution in [0.15, 0.2) is 48.5 Å². The van der Waals surface area contributed by atoms with Crippen LogP contribution in [0, 0.1) is 0 Å². The van der Waals surface area contributed by atoms with Crippen molar-refractivity contribution < 1.29 is 23.9 Å². The van der Waals surface area contributed by atoms with Gasteiger partial charge in [-0.3, -0.25) is 20.4 Å². The standard InChI is InChI=1S/C22H24N2O5/c1-28-22(27)17-9-7-15(8-10-17)20(25)23-24-21(26)16-11-13-19(14-12-16)29-18-5-3-2-4-6-18/h7-14,18H,2-6H2,1H3,(H,23,25)(H,24,26). The molecule has 7 nitrogen and oxygen atoms in total. The van der Waals surface area contributed by atoms with Gasteiger partial charge in [0.1, 0.15) is 5.75 Å². The first-order chi connectivity index (χ1) is 14.1. The lowest BCUT2D eigenvalue weighted by Gasteiger charge is -2.23. The Labute approximate surface area is 169 Å². The summed E-state index contributed by atoms with van der Waals surface area (Å²) in [4.78, 5) is 35.8. The minimum atomic E-state index is -0.494. The molecular formula is C22H24N2O5. The number of carbonyl (C=O) groups is 3. The maximum absolute atomic E-state index is 12.2. The average molecular weight is 396 g/mol. The maximum Gasteiger partial charge on any atom is 0.337 e. The van der Waals surface area contributed by atoms with Gasteiger partial charge in [-0.25, -0.2) is 4.79 Å². The maximum atomic E-state index is 12.2. The number of ether oxygens (including phenoxy) is 2. The highest BCUT2D eigenvalue weighted by Crippen LogP contribution is 2.23. The average Bonchev–Trinajstić information content (AvgIpc) is 2.78. The number of hydrogen-bond acceptors (Lipinski definition) is 5. The van der Waals surface area contributed by atoms with Crippen LogP contribution in [0.3, 0.4) is 0 Å². The molecule has 0 saturated heterocycles. The Kier molecular flexibility index (Phi) is 6.84. The number of benzene rings is 2. The Morgan fingerprint density at radius 1 is 0.759 bits per heavy atom. The molecule has 2 aromatic carbocycles. The van der Waals surface area contributed by atoms with Crippen LogP contribution in [0.4, 0.5) is 0 Å². The van der Waals surface area contributed by atoms with Crippen LogP contribution in [0.2, 0.25) is 0 Å². The highest BCUT2D eigenvalue weighted by Gasteiger charge is 2.15. The highest BCUT2D eigenvalue weighted by molar-refractivity contribution is 5.99. The van der Waals surface area contributed by atoms with Gasteiger partial charge < -0.3 is 9.47 Å². The monoisotopic (exact) mass is 396 g/mol. The van der Waals surface area contributed by atoms with Crippen molar-refractivity contribution >= 4 is 17.8 Å². The predicted octanol–water partition coefficient (Wildman–Crippen LogP) is 3.26. The fourth-order valence-corrected chi connectivity index (χ4v) is 3.19. The summed E-state index contributed by atoms with van der Waals surface area (Å²) in [5.74, 6) is -0.676. The van der Waals surface area contributed by atoms with Gasteiger partial charge >= 0.3 is 5.97 Å². The summed E-state index contributed by atoms with van der Waals surface area (Å²) in [7, 11) is 1.28. The molecule has 0 atom stereocenters. The van der Waals surface area contributed by atoms with E-state index in [0.717, 1.165) is 18.6 Å². The van der Waals surface area contributed by atoms with Gasteiger partial charge in [0, 0.05) is 11.1 Å². The Bertz CT molecular complexity index is 856. The highest BCUT2D eigenvalue weighted by atomic mass is 16.5. The molecule has 2 amide bonds. The van der Waals surface area contributed by atoms with Crippen LogP contribution in [0.1, 0.15) is 63.2 Å². The summed E-state index contributed by atoms with van der Waals surface area (Å²) in [5, 5.41) is 0. The first kappa shape index (κ1) is 20.4. The SMILES string of the molecule is COC(=O)c1ccc(C(=O)NNC(=O)c2ccc(OC3CCCCC3)cc2)cc1. The quantitative estimate of drug-likeness (QED) is 0.598. The zero-order valence-corrected chi connectivity index (χ0v) is 16.3. The van der Waals surface area contributed by atoms with Gasteiger partial charge in [0.05, 0.1) is 18.8 Å². The molecule has 0 aromatic heterocycles. The first-order valence-corrected chi connectivity index (χ1v) is 9.62. The summed E-state index contributed by atoms with van der Waals surface area (Å²) in [6, 6.07) is 12.8. The molecule has 0 unspecified atom stereocenters. The largest absolute Gasteiger partial charge is 0.490 e. The lowest BCUT2D eigenvalue weighted by atomic mass is 9.98. The molecule has 1 fully saturated rings. The zero-order chi connectivity index (χ0) is 20.6. The zero-order valence-electron chi connectivity index (χ0n) is 16.3. The normalized spacial score (nSPS) is 14.0. The lowest BCUT2D eigenvalue weighted by Crippen LogP contribution is -2.41. The van der Waals surface area contributed by atoms with E-state index in [-0.39, 0.29) is 6.10 Å². The fourth-order valence-electron chi connectivity index (χ4n) is 3.19. The van der Waals surface area contributed by atoms with Crippen LogP contribution < -0.4 is 15.6 Å². The van der Waals surface area contributed by atoms with Crippen LogP contribution in [0.5, 0.6) is 5.75 Å². The molecule has 0 bridgehead atoms. The Morgan fingerprint density at radius 2 is 1.24 bits per heavy atom. The van der Waals surface area contributed by atoms with E-state index >= 15 is 0 Å². The molecule has 7 heteroatoms. The molecule has 2 N–H and O–H groups in total. The summed E-state index contributed by atoms with van der Waals surface area (Å²) in [6.07, 6.45) is 6.02. The van der Waals surface area contributed by atoms with E-state index < -0.39 is 17.8 Å². The van der Waals surface area contributed by atoms with Gasteiger partial charge in [0.25, 0.3) is 11.8 Å². The fraction of sp³-hybridized carbons (Fsp3) is 0.318. The minimum absolute atomic E-state index is 0.244. The summed E-state index contributed by atoms with van der Waals surface area (Å²) < 4.78 is 10.6. The van der Waals surface area contributed by atoms with Gasteiger partial charge in [-0.1, -0.05) is 6.42 Å². The molecule has 1 aliphatic rings. The van der Waals surface area contributed by atoms with Gasteiger partial charge in [-0.15, -0.1) is 0 Å². The third-order valence-corrected chi connectivity index (χ3v) is 4.83. The molecule has 152 valence electrons. The Hall–Kier alpha value is -3.35. The van der Waals surface area contributed by atoms with E-state index in [1.165, 1.54) is 50.6 Å². The van der Waals surface area contributed by atoms with E-state index in [4.69, 9.17) is 4.74 Å². The smallest absolute Gasteiger partial charge is 0.337 e. The van der Waals surface area contributed by atoms with Crippen LogP contribution >= 0.6 is 0 Å². The van der Waals surface area contributed by atoms with Crippen molar-refractivity contribution in [1.29, 1.82) is 0 Å². The number of rotatable bonds is 5. The van der Waals surface area contributed by atoms with Crippen molar-refractivity contribution in [3.8, 4) is 5.75 Å². The van der Waals surface area contributed by atoms with Crippen molar-refractivity contribution in [3.05, 3.63) is 65.2 Å². The molecule has 0 spiro atoms. The molecule has 29 heavy (non-hydrogen) atoms. The van der Waals surface area contributed by atoms with E-state index in [9.17, 15) is 14.4 Å². The molecular weight excluding hydrogens is 372 g/mol. The number of esters is 1. The number of amides is 2. The molecule has 0 heterocycles. The Morgan fingerprint density at radius 3 is 1.76 bits per heavy atom.